The molecule has 1 aromatic carbocycles. The summed E-state index contributed by atoms with van der Waals surface area (Å²) in [5.74, 6) is 2.52. The molecule has 25 heavy (non-hydrogen) atoms. The molecule has 0 aromatic heterocycles. The minimum absolute atomic E-state index is 0.342. The number of aliphatic hydroxyl groups is 1. The Bertz CT molecular complexity index is 314. The number of aryl methyl sites for hydroxylation is 1. The molecular weight excluding hydrogens is 304 g/mol. The van der Waals surface area contributed by atoms with Gasteiger partial charge in [-0.1, -0.05) is 117 Å². The molecule has 1 unspecified atom stereocenters. The van der Waals surface area contributed by atoms with Crippen molar-refractivity contribution in [2.75, 3.05) is 6.61 Å². The maximum atomic E-state index is 8.37. The summed E-state index contributed by atoms with van der Waals surface area (Å²) in [6, 6.07) is 10.3. The van der Waals surface area contributed by atoms with Crippen LogP contribution >= 0.6 is 0 Å². The number of aliphatic hydroxyl groups excluding tert-OH is 1. The second-order valence-electron chi connectivity index (χ2n) is 7.40. The lowest BCUT2D eigenvalue weighted by molar-refractivity contribution is 0.260. The zero-order valence-electron chi connectivity index (χ0n) is 18.8. The van der Waals surface area contributed by atoms with E-state index in [9.17, 15) is 0 Å². The quantitative estimate of drug-likeness (QED) is 0.551. The fraction of sp³-hybridized carbons (Fsp3) is 0.750. The lowest BCUT2D eigenvalue weighted by Crippen LogP contribution is -1.94. The molecule has 1 heteroatoms. The summed E-state index contributed by atoms with van der Waals surface area (Å²) in [6.07, 6.45) is 6.10. The van der Waals surface area contributed by atoms with Gasteiger partial charge in [0.15, 0.2) is 0 Å². The van der Waals surface area contributed by atoms with Crippen LogP contribution in [0.1, 0.15) is 93.1 Å². The van der Waals surface area contributed by atoms with Crippen LogP contribution in [-0.2, 0) is 0 Å². The van der Waals surface area contributed by atoms with Crippen molar-refractivity contribution in [3.05, 3.63) is 35.9 Å². The molecule has 0 radical (unpaired) electrons. The van der Waals surface area contributed by atoms with E-state index in [4.69, 9.17) is 5.11 Å². The second-order valence-corrected chi connectivity index (χ2v) is 7.40. The van der Waals surface area contributed by atoms with E-state index in [1.807, 2.05) is 18.2 Å². The predicted octanol–water partition coefficient (Wildman–Crippen LogP) is 7.90. The molecule has 0 heterocycles. The molecule has 0 bridgehead atoms. The van der Waals surface area contributed by atoms with Gasteiger partial charge >= 0.3 is 0 Å². The molecule has 1 nitrogen and oxygen atoms in total. The fourth-order valence-electron chi connectivity index (χ4n) is 1.25. The molecule has 0 fully saturated rings. The van der Waals surface area contributed by atoms with Crippen LogP contribution in [-0.4, -0.2) is 11.7 Å². The van der Waals surface area contributed by atoms with Crippen molar-refractivity contribution < 1.29 is 5.11 Å². The summed E-state index contributed by atoms with van der Waals surface area (Å²) in [5, 5.41) is 8.37. The number of benzene rings is 1. The highest BCUT2D eigenvalue weighted by Gasteiger charge is 1.93. The molecule has 0 aliphatic heterocycles. The maximum absolute atomic E-state index is 8.37. The van der Waals surface area contributed by atoms with Gasteiger partial charge in [0, 0.05) is 6.61 Å². The largest absolute Gasteiger partial charge is 0.396 e. The smallest absolute Gasteiger partial charge is 0.0433 e. The minimum Gasteiger partial charge on any atom is -0.396 e. The van der Waals surface area contributed by atoms with Gasteiger partial charge in [-0.05, 0) is 31.1 Å². The first kappa shape index (κ1) is 29.0. The lowest BCUT2D eigenvalue weighted by atomic mass is 10.1. The summed E-state index contributed by atoms with van der Waals surface area (Å²) in [4.78, 5) is 0. The fourth-order valence-corrected chi connectivity index (χ4v) is 1.25. The first-order valence-electron chi connectivity index (χ1n) is 10.4. The van der Waals surface area contributed by atoms with E-state index in [2.05, 4.69) is 74.4 Å². The summed E-state index contributed by atoms with van der Waals surface area (Å²) < 4.78 is 0. The SMILES string of the molecule is CCC(C)C.CCC(C)CC.CCC(C)CCO.Cc1ccccc1. The maximum Gasteiger partial charge on any atom is 0.0433 e. The Kier molecular flexibility index (Phi) is 26.9. The Labute approximate surface area is 160 Å². The third-order valence-electron chi connectivity index (χ3n) is 4.47. The molecule has 0 saturated heterocycles. The highest BCUT2D eigenvalue weighted by Crippen LogP contribution is 2.03. The molecule has 0 spiro atoms. The van der Waals surface area contributed by atoms with Gasteiger partial charge in [-0.2, -0.15) is 0 Å². The van der Waals surface area contributed by atoms with Gasteiger partial charge in [0.05, 0.1) is 0 Å². The van der Waals surface area contributed by atoms with Crippen LogP contribution in [0.25, 0.3) is 0 Å². The molecule has 1 rings (SSSR count). The minimum atomic E-state index is 0.342. The predicted molar refractivity (Wildman–Crippen MR) is 117 cm³/mol. The first-order valence-corrected chi connectivity index (χ1v) is 10.4. The van der Waals surface area contributed by atoms with Crippen molar-refractivity contribution in [2.24, 2.45) is 17.8 Å². The van der Waals surface area contributed by atoms with Crippen LogP contribution in [0.5, 0.6) is 0 Å². The van der Waals surface area contributed by atoms with Crippen LogP contribution in [0.2, 0.25) is 0 Å². The van der Waals surface area contributed by atoms with Gasteiger partial charge in [-0.25, -0.2) is 0 Å². The zero-order chi connectivity index (χ0) is 20.1. The molecule has 1 atom stereocenters. The molecule has 0 aliphatic rings. The molecule has 1 N–H and O–H groups in total. The Balaban J connectivity index is -0.000000261. The first-order chi connectivity index (χ1) is 11.8. The van der Waals surface area contributed by atoms with Crippen molar-refractivity contribution >= 4 is 0 Å². The molecule has 0 saturated carbocycles. The molecule has 150 valence electrons. The molecule has 1 aromatic rings. The Morgan fingerprint density at radius 3 is 1.24 bits per heavy atom. The summed E-state index contributed by atoms with van der Waals surface area (Å²) in [6.45, 7) is 20.1. The van der Waals surface area contributed by atoms with E-state index in [1.54, 1.807) is 0 Å². The standard InChI is InChI=1S/C7H8.C6H14O.C6H14.C5H12/c1-7-5-3-2-4-6-7;1-3-6(2)4-5-7;1-4-6(3)5-2;1-4-5(2)3/h2-6H,1H3;6-7H,3-5H2,1-2H3;6H,4-5H2,1-3H3;5H,4H2,1-3H3. The number of hydrogen-bond acceptors (Lipinski definition) is 1. The average Bonchev–Trinajstić information content (AvgIpc) is 2.63. The van der Waals surface area contributed by atoms with Gasteiger partial charge in [0.2, 0.25) is 0 Å². The van der Waals surface area contributed by atoms with Gasteiger partial charge < -0.3 is 5.11 Å². The van der Waals surface area contributed by atoms with Crippen molar-refractivity contribution in [3.8, 4) is 0 Å². The van der Waals surface area contributed by atoms with Crippen LogP contribution < -0.4 is 0 Å². The Hall–Kier alpha value is -0.820. The van der Waals surface area contributed by atoms with Gasteiger partial charge in [-0.3, -0.25) is 0 Å². The Morgan fingerprint density at radius 2 is 1.12 bits per heavy atom. The van der Waals surface area contributed by atoms with E-state index in [1.165, 1.54) is 31.2 Å². The monoisotopic (exact) mass is 352 g/mol. The lowest BCUT2D eigenvalue weighted by Gasteiger charge is -2.01. The van der Waals surface area contributed by atoms with Crippen LogP contribution in [0.4, 0.5) is 0 Å². The van der Waals surface area contributed by atoms with E-state index in [0.717, 1.165) is 18.3 Å². The van der Waals surface area contributed by atoms with Crippen LogP contribution in [0, 0.1) is 24.7 Å². The zero-order valence-corrected chi connectivity index (χ0v) is 18.8. The van der Waals surface area contributed by atoms with E-state index < -0.39 is 0 Å². The topological polar surface area (TPSA) is 20.2 Å². The number of hydrogen-bond donors (Lipinski definition) is 1. The van der Waals surface area contributed by atoms with Crippen molar-refractivity contribution in [1.82, 2.24) is 0 Å². The highest BCUT2D eigenvalue weighted by molar-refractivity contribution is 5.11. The molecule has 0 amide bonds. The normalized spacial score (nSPS) is 10.7. The molecular formula is C24H48O. The van der Waals surface area contributed by atoms with Crippen molar-refractivity contribution in [2.45, 2.75) is 94.4 Å². The third kappa shape index (κ3) is 31.5. The highest BCUT2D eigenvalue weighted by atomic mass is 16.3. The van der Waals surface area contributed by atoms with E-state index in [-0.39, 0.29) is 0 Å². The third-order valence-corrected chi connectivity index (χ3v) is 4.47. The average molecular weight is 353 g/mol. The van der Waals surface area contributed by atoms with Gasteiger partial charge in [0.25, 0.3) is 0 Å². The summed E-state index contributed by atoms with van der Waals surface area (Å²) in [7, 11) is 0. The van der Waals surface area contributed by atoms with Gasteiger partial charge in [0.1, 0.15) is 0 Å². The van der Waals surface area contributed by atoms with E-state index >= 15 is 0 Å². The number of rotatable bonds is 6. The van der Waals surface area contributed by atoms with Crippen molar-refractivity contribution in [3.63, 3.8) is 0 Å². The summed E-state index contributed by atoms with van der Waals surface area (Å²) >= 11 is 0. The van der Waals surface area contributed by atoms with E-state index in [0.29, 0.717) is 12.5 Å². The molecule has 0 aliphatic carbocycles. The van der Waals surface area contributed by atoms with Crippen LogP contribution in [0.3, 0.4) is 0 Å². The van der Waals surface area contributed by atoms with Gasteiger partial charge in [-0.15, -0.1) is 0 Å². The summed E-state index contributed by atoms with van der Waals surface area (Å²) in [5.41, 5.74) is 1.32. The second kappa shape index (κ2) is 23.2. The van der Waals surface area contributed by atoms with Crippen molar-refractivity contribution in [1.29, 1.82) is 0 Å². The van der Waals surface area contributed by atoms with Crippen LogP contribution in [0.15, 0.2) is 30.3 Å². The Morgan fingerprint density at radius 1 is 0.720 bits per heavy atom.